The van der Waals surface area contributed by atoms with Gasteiger partial charge in [0.15, 0.2) is 0 Å². The van der Waals surface area contributed by atoms with E-state index >= 15 is 0 Å². The summed E-state index contributed by atoms with van der Waals surface area (Å²) in [7, 11) is 1.39. The predicted molar refractivity (Wildman–Crippen MR) is 106 cm³/mol. The number of unbranched alkanes of at least 4 members (excludes halogenated alkanes) is 1. The zero-order chi connectivity index (χ0) is 19.8. The van der Waals surface area contributed by atoms with E-state index < -0.39 is 0 Å². The zero-order valence-electron chi connectivity index (χ0n) is 15.7. The van der Waals surface area contributed by atoms with Crippen LogP contribution in [0.15, 0.2) is 60.8 Å². The van der Waals surface area contributed by atoms with E-state index in [1.807, 2.05) is 36.4 Å². The van der Waals surface area contributed by atoms with Gasteiger partial charge in [-0.15, -0.1) is 0 Å². The van der Waals surface area contributed by atoms with E-state index in [9.17, 15) is 9.90 Å². The van der Waals surface area contributed by atoms with Crippen molar-refractivity contribution in [2.24, 2.45) is 0 Å². The third-order valence-corrected chi connectivity index (χ3v) is 4.29. The summed E-state index contributed by atoms with van der Waals surface area (Å²) in [6, 6.07) is 16.6. The highest BCUT2D eigenvalue weighted by atomic mass is 16.5. The highest BCUT2D eigenvalue weighted by Gasteiger charge is 2.08. The van der Waals surface area contributed by atoms with Crippen molar-refractivity contribution < 1.29 is 19.4 Å². The minimum atomic E-state index is -0.196. The Morgan fingerprint density at radius 3 is 2.57 bits per heavy atom. The van der Waals surface area contributed by atoms with Crippen LogP contribution >= 0.6 is 0 Å². The number of hydrogen-bond acceptors (Lipinski definition) is 6. The van der Waals surface area contributed by atoms with E-state index in [4.69, 9.17) is 4.74 Å². The van der Waals surface area contributed by atoms with Crippen LogP contribution in [-0.4, -0.2) is 35.0 Å². The number of nitrogens with zero attached hydrogens (tertiary/aromatic N) is 2. The summed E-state index contributed by atoms with van der Waals surface area (Å²) in [4.78, 5) is 11.1. The van der Waals surface area contributed by atoms with Gasteiger partial charge in [-0.3, -0.25) is 4.79 Å². The summed E-state index contributed by atoms with van der Waals surface area (Å²) in [6.07, 6.45) is 3.62. The van der Waals surface area contributed by atoms with E-state index in [2.05, 4.69) is 14.9 Å². The first-order chi connectivity index (χ1) is 13.7. The highest BCUT2D eigenvalue weighted by Crippen LogP contribution is 2.30. The minimum Gasteiger partial charge on any atom is -0.507 e. The predicted octanol–water partition coefficient (Wildman–Crippen LogP) is 4.24. The fourth-order valence-corrected chi connectivity index (χ4v) is 2.75. The quantitative estimate of drug-likeness (QED) is 0.466. The Morgan fingerprint density at radius 1 is 1.04 bits per heavy atom. The average molecular weight is 378 g/mol. The van der Waals surface area contributed by atoms with E-state index in [0.29, 0.717) is 24.3 Å². The Balaban J connectivity index is 1.62. The van der Waals surface area contributed by atoms with Gasteiger partial charge in [-0.2, -0.15) is 10.2 Å². The van der Waals surface area contributed by atoms with Crippen molar-refractivity contribution in [2.75, 3.05) is 13.7 Å². The molecule has 0 aliphatic rings. The monoisotopic (exact) mass is 378 g/mol. The second-order valence-electron chi connectivity index (χ2n) is 6.25. The number of phenolic OH excluding ortho intramolecular Hbond substituents is 1. The lowest BCUT2D eigenvalue weighted by atomic mass is 10.0. The lowest BCUT2D eigenvalue weighted by Crippen LogP contribution is -2.02. The lowest BCUT2D eigenvalue weighted by Gasteiger charge is -2.08. The van der Waals surface area contributed by atoms with Crippen LogP contribution in [0.4, 0.5) is 0 Å². The molecule has 0 saturated carbocycles. The first kappa shape index (κ1) is 19.4. The average Bonchev–Trinajstić information content (AvgIpc) is 2.74. The highest BCUT2D eigenvalue weighted by molar-refractivity contribution is 5.72. The molecule has 1 heterocycles. The molecule has 6 nitrogen and oxygen atoms in total. The van der Waals surface area contributed by atoms with Crippen molar-refractivity contribution >= 4 is 5.97 Å². The molecule has 2 aromatic carbocycles. The molecule has 1 N–H and O–H groups in total. The van der Waals surface area contributed by atoms with Gasteiger partial charge in [0.05, 0.1) is 25.6 Å². The fourth-order valence-electron chi connectivity index (χ4n) is 2.75. The van der Waals surface area contributed by atoms with Gasteiger partial charge in [0.25, 0.3) is 0 Å². The summed E-state index contributed by atoms with van der Waals surface area (Å²) in [5.74, 6) is 0.744. The molecular formula is C22H22N2O4. The molecule has 0 unspecified atom stereocenters. The molecule has 0 aliphatic carbocycles. The second kappa shape index (κ2) is 9.50. The third-order valence-electron chi connectivity index (χ3n) is 4.29. The number of benzene rings is 2. The van der Waals surface area contributed by atoms with Crippen molar-refractivity contribution in [2.45, 2.75) is 19.3 Å². The molecule has 28 heavy (non-hydrogen) atoms. The van der Waals surface area contributed by atoms with E-state index in [-0.39, 0.29) is 11.7 Å². The van der Waals surface area contributed by atoms with E-state index in [0.717, 1.165) is 29.7 Å². The number of aromatic nitrogens is 2. The van der Waals surface area contributed by atoms with Crippen molar-refractivity contribution in [3.05, 3.63) is 60.8 Å². The SMILES string of the molecule is COC(=O)CCCCOc1ccc(-c2cnnc(-c3ccccc3O)c2)cc1. The minimum absolute atomic E-state index is 0.171. The van der Waals surface area contributed by atoms with Gasteiger partial charge < -0.3 is 14.6 Å². The van der Waals surface area contributed by atoms with Gasteiger partial charge in [0, 0.05) is 17.5 Å². The number of aromatic hydroxyl groups is 1. The third kappa shape index (κ3) is 5.07. The summed E-state index contributed by atoms with van der Waals surface area (Å²) < 4.78 is 10.3. The van der Waals surface area contributed by atoms with Crippen LogP contribution in [0, 0.1) is 0 Å². The molecular weight excluding hydrogens is 356 g/mol. The number of rotatable bonds is 8. The molecule has 3 rings (SSSR count). The fraction of sp³-hybridized carbons (Fsp3) is 0.227. The number of esters is 1. The van der Waals surface area contributed by atoms with Crippen molar-refractivity contribution in [3.8, 4) is 33.9 Å². The summed E-state index contributed by atoms with van der Waals surface area (Å²) in [5.41, 5.74) is 3.13. The molecule has 0 bridgehead atoms. The molecule has 0 spiro atoms. The van der Waals surface area contributed by atoms with Crippen molar-refractivity contribution in [3.63, 3.8) is 0 Å². The van der Waals surface area contributed by atoms with Crippen molar-refractivity contribution in [1.29, 1.82) is 0 Å². The first-order valence-corrected chi connectivity index (χ1v) is 9.08. The number of carbonyl (C=O) groups is 1. The first-order valence-electron chi connectivity index (χ1n) is 9.08. The topological polar surface area (TPSA) is 81.5 Å². The zero-order valence-corrected chi connectivity index (χ0v) is 15.7. The van der Waals surface area contributed by atoms with Crippen LogP contribution in [0.2, 0.25) is 0 Å². The smallest absolute Gasteiger partial charge is 0.305 e. The number of phenols is 1. The van der Waals surface area contributed by atoms with Gasteiger partial charge in [0.2, 0.25) is 0 Å². The number of methoxy groups -OCH3 is 1. The standard InChI is InChI=1S/C22H22N2O4/c1-27-22(26)8-4-5-13-28-18-11-9-16(10-12-18)17-14-20(24-23-15-17)19-6-2-3-7-21(19)25/h2-3,6-7,9-12,14-15,25H,4-5,8,13H2,1H3. The largest absolute Gasteiger partial charge is 0.507 e. The Hall–Kier alpha value is -3.41. The molecule has 0 fully saturated rings. The van der Waals surface area contributed by atoms with Gasteiger partial charge in [-0.05, 0) is 48.7 Å². The molecule has 0 amide bonds. The van der Waals surface area contributed by atoms with E-state index in [1.54, 1.807) is 24.4 Å². The van der Waals surface area contributed by atoms with Gasteiger partial charge in [-0.1, -0.05) is 24.3 Å². The Kier molecular flexibility index (Phi) is 6.57. The van der Waals surface area contributed by atoms with Crippen LogP contribution in [-0.2, 0) is 9.53 Å². The van der Waals surface area contributed by atoms with Gasteiger partial charge in [-0.25, -0.2) is 0 Å². The van der Waals surface area contributed by atoms with Crippen LogP contribution in [0.5, 0.6) is 11.5 Å². The second-order valence-corrected chi connectivity index (χ2v) is 6.25. The molecule has 0 aliphatic heterocycles. The maximum Gasteiger partial charge on any atom is 0.305 e. The van der Waals surface area contributed by atoms with Crippen LogP contribution in [0.1, 0.15) is 19.3 Å². The number of carbonyl (C=O) groups excluding carboxylic acids is 1. The normalized spacial score (nSPS) is 10.5. The number of hydrogen-bond donors (Lipinski definition) is 1. The molecule has 6 heteroatoms. The summed E-state index contributed by atoms with van der Waals surface area (Å²) >= 11 is 0. The van der Waals surface area contributed by atoms with Crippen LogP contribution in [0.3, 0.4) is 0 Å². The Bertz CT molecular complexity index is 926. The summed E-state index contributed by atoms with van der Waals surface area (Å²) in [5, 5.41) is 18.2. The molecule has 144 valence electrons. The molecule has 0 radical (unpaired) electrons. The lowest BCUT2D eigenvalue weighted by molar-refractivity contribution is -0.140. The summed E-state index contributed by atoms with van der Waals surface area (Å²) in [6.45, 7) is 0.546. The van der Waals surface area contributed by atoms with E-state index in [1.165, 1.54) is 7.11 Å². The Morgan fingerprint density at radius 2 is 1.82 bits per heavy atom. The maximum absolute atomic E-state index is 11.1. The van der Waals surface area contributed by atoms with Crippen LogP contribution in [0.25, 0.3) is 22.4 Å². The molecule has 0 saturated heterocycles. The maximum atomic E-state index is 11.1. The molecule has 0 atom stereocenters. The number of ether oxygens (including phenoxy) is 2. The van der Waals surface area contributed by atoms with Gasteiger partial charge in [0.1, 0.15) is 11.5 Å². The van der Waals surface area contributed by atoms with Crippen molar-refractivity contribution in [1.82, 2.24) is 10.2 Å². The van der Waals surface area contributed by atoms with Crippen LogP contribution < -0.4 is 4.74 Å². The Labute approximate surface area is 163 Å². The number of para-hydroxylation sites is 1. The molecule has 3 aromatic rings. The molecule has 1 aromatic heterocycles. The van der Waals surface area contributed by atoms with Gasteiger partial charge >= 0.3 is 5.97 Å².